The first kappa shape index (κ1) is 20.4. The highest BCUT2D eigenvalue weighted by atomic mass is 16.5. The molecule has 0 heterocycles. The molecule has 0 N–H and O–H groups in total. The lowest BCUT2D eigenvalue weighted by atomic mass is 10.2. The Hall–Kier alpha value is -2.89. The Bertz CT molecular complexity index is 769. The largest absolute Gasteiger partial charge is 0.493 e. The highest BCUT2D eigenvalue weighted by Crippen LogP contribution is 2.32. The van der Waals surface area contributed by atoms with E-state index in [0.29, 0.717) is 46.6 Å². The highest BCUT2D eigenvalue weighted by molar-refractivity contribution is 5.90. The van der Waals surface area contributed by atoms with Gasteiger partial charge in [-0.05, 0) is 30.2 Å². The van der Waals surface area contributed by atoms with E-state index in [1.165, 1.54) is 7.11 Å². The lowest BCUT2D eigenvalue weighted by Crippen LogP contribution is -2.08. The second-order valence-electron chi connectivity index (χ2n) is 6.30. The molecule has 0 unspecified atom stereocenters. The predicted octanol–water partition coefficient (Wildman–Crippen LogP) is 4.10. The number of para-hydroxylation sites is 1. The van der Waals surface area contributed by atoms with E-state index in [9.17, 15) is 4.79 Å². The summed E-state index contributed by atoms with van der Waals surface area (Å²) < 4.78 is 27.1. The lowest BCUT2D eigenvalue weighted by molar-refractivity contribution is 0.0469. The first-order chi connectivity index (χ1) is 13.0. The Morgan fingerprint density at radius 3 is 2.30 bits per heavy atom. The second-order valence-corrected chi connectivity index (χ2v) is 6.30. The van der Waals surface area contributed by atoms with E-state index in [4.69, 9.17) is 23.7 Å². The molecule has 0 saturated carbocycles. The summed E-state index contributed by atoms with van der Waals surface area (Å²) in [5.41, 5.74) is 1.10. The molecule has 0 amide bonds. The van der Waals surface area contributed by atoms with Crippen LogP contribution in [-0.4, -0.2) is 33.9 Å². The van der Waals surface area contributed by atoms with Crippen molar-refractivity contribution in [1.29, 1.82) is 0 Å². The minimum Gasteiger partial charge on any atom is -0.493 e. The molecule has 6 nitrogen and oxygen atoms in total. The number of benzene rings is 2. The van der Waals surface area contributed by atoms with Crippen molar-refractivity contribution in [3.63, 3.8) is 0 Å². The van der Waals surface area contributed by atoms with Crippen LogP contribution in [0.4, 0.5) is 0 Å². The fourth-order valence-corrected chi connectivity index (χ4v) is 2.46. The van der Waals surface area contributed by atoms with E-state index in [1.807, 2.05) is 12.1 Å². The molecule has 0 aliphatic rings. The molecule has 6 heteroatoms. The van der Waals surface area contributed by atoms with Gasteiger partial charge in [0, 0.05) is 5.56 Å². The van der Waals surface area contributed by atoms with Gasteiger partial charge < -0.3 is 23.7 Å². The molecule has 146 valence electrons. The van der Waals surface area contributed by atoms with Gasteiger partial charge in [-0.15, -0.1) is 0 Å². The average molecular weight is 374 g/mol. The monoisotopic (exact) mass is 374 g/mol. The van der Waals surface area contributed by atoms with E-state index >= 15 is 0 Å². The van der Waals surface area contributed by atoms with Crippen LogP contribution in [0, 0.1) is 5.92 Å². The van der Waals surface area contributed by atoms with Gasteiger partial charge in [0.05, 0.1) is 33.5 Å². The van der Waals surface area contributed by atoms with E-state index in [-0.39, 0.29) is 6.61 Å². The van der Waals surface area contributed by atoms with Crippen molar-refractivity contribution in [2.75, 3.05) is 27.9 Å². The van der Waals surface area contributed by atoms with Gasteiger partial charge in [-0.3, -0.25) is 0 Å². The number of esters is 1. The summed E-state index contributed by atoms with van der Waals surface area (Å²) in [6, 6.07) is 10.4. The third-order valence-electron chi connectivity index (χ3n) is 3.81. The van der Waals surface area contributed by atoms with Crippen molar-refractivity contribution in [3.8, 4) is 23.0 Å². The first-order valence-corrected chi connectivity index (χ1v) is 8.68. The van der Waals surface area contributed by atoms with Gasteiger partial charge in [0.2, 0.25) is 0 Å². The van der Waals surface area contributed by atoms with Crippen LogP contribution >= 0.6 is 0 Å². The number of ether oxygens (including phenoxy) is 5. The molecule has 2 rings (SSSR count). The third-order valence-corrected chi connectivity index (χ3v) is 3.81. The fourth-order valence-electron chi connectivity index (χ4n) is 2.46. The van der Waals surface area contributed by atoms with Crippen LogP contribution in [0.3, 0.4) is 0 Å². The standard InChI is InChI=1S/C21H26O6/c1-14(2)12-26-17-10-9-15(11-19(17)24-4)21(22)27-13-16-7-6-8-18(23-3)20(16)25-5/h6-11,14H,12-13H2,1-5H3. The summed E-state index contributed by atoms with van der Waals surface area (Å²) in [5.74, 6) is 2.13. The van der Waals surface area contributed by atoms with Crippen LogP contribution in [0.25, 0.3) is 0 Å². The smallest absolute Gasteiger partial charge is 0.338 e. The Morgan fingerprint density at radius 2 is 1.67 bits per heavy atom. The second kappa shape index (κ2) is 9.71. The van der Waals surface area contributed by atoms with Crippen LogP contribution in [0.5, 0.6) is 23.0 Å². The lowest BCUT2D eigenvalue weighted by Gasteiger charge is -2.14. The van der Waals surface area contributed by atoms with Gasteiger partial charge in [0.15, 0.2) is 23.0 Å². The highest BCUT2D eigenvalue weighted by Gasteiger charge is 2.15. The zero-order chi connectivity index (χ0) is 19.8. The molecule has 0 atom stereocenters. The van der Waals surface area contributed by atoms with Gasteiger partial charge >= 0.3 is 5.97 Å². The van der Waals surface area contributed by atoms with E-state index in [2.05, 4.69) is 13.8 Å². The number of hydrogen-bond acceptors (Lipinski definition) is 6. The molecule has 2 aromatic rings. The molecule has 0 saturated heterocycles. The summed E-state index contributed by atoms with van der Waals surface area (Å²) in [6.45, 7) is 4.75. The van der Waals surface area contributed by atoms with Crippen LogP contribution < -0.4 is 18.9 Å². The Morgan fingerprint density at radius 1 is 0.926 bits per heavy atom. The molecule has 0 spiro atoms. The Kier molecular flexibility index (Phi) is 7.34. The van der Waals surface area contributed by atoms with Crippen LogP contribution in [0.2, 0.25) is 0 Å². The van der Waals surface area contributed by atoms with E-state index in [1.54, 1.807) is 38.5 Å². The minimum atomic E-state index is -0.464. The summed E-state index contributed by atoms with van der Waals surface area (Å²) in [6.07, 6.45) is 0. The molecule has 0 radical (unpaired) electrons. The number of carbonyl (C=O) groups is 1. The van der Waals surface area contributed by atoms with E-state index in [0.717, 1.165) is 0 Å². The average Bonchev–Trinajstić information content (AvgIpc) is 2.69. The van der Waals surface area contributed by atoms with Crippen LogP contribution in [0.1, 0.15) is 29.8 Å². The maximum Gasteiger partial charge on any atom is 0.338 e. The summed E-state index contributed by atoms with van der Waals surface area (Å²) in [5, 5.41) is 0. The molecule has 0 aliphatic heterocycles. The molecule has 0 bridgehead atoms. The zero-order valence-electron chi connectivity index (χ0n) is 16.4. The molecular formula is C21H26O6. The van der Waals surface area contributed by atoms with Gasteiger partial charge in [0.25, 0.3) is 0 Å². The van der Waals surface area contributed by atoms with Gasteiger partial charge in [-0.1, -0.05) is 26.0 Å². The molecule has 0 fully saturated rings. The topological polar surface area (TPSA) is 63.2 Å². The van der Waals surface area contributed by atoms with Crippen molar-refractivity contribution in [1.82, 2.24) is 0 Å². The third kappa shape index (κ3) is 5.29. The summed E-state index contributed by atoms with van der Waals surface area (Å²) in [7, 11) is 4.64. The normalized spacial score (nSPS) is 10.4. The number of carbonyl (C=O) groups excluding carboxylic acids is 1. The predicted molar refractivity (Wildman–Crippen MR) is 102 cm³/mol. The maximum absolute atomic E-state index is 12.4. The van der Waals surface area contributed by atoms with Gasteiger partial charge in [-0.25, -0.2) is 4.79 Å². The number of rotatable bonds is 9. The zero-order valence-corrected chi connectivity index (χ0v) is 16.4. The Labute approximate surface area is 160 Å². The molecular weight excluding hydrogens is 348 g/mol. The SMILES string of the molecule is COc1cc(C(=O)OCc2cccc(OC)c2OC)ccc1OCC(C)C. The maximum atomic E-state index is 12.4. The van der Waals surface area contributed by atoms with Crippen LogP contribution in [-0.2, 0) is 11.3 Å². The number of methoxy groups -OCH3 is 3. The van der Waals surface area contributed by atoms with Gasteiger partial charge in [0.1, 0.15) is 6.61 Å². The van der Waals surface area contributed by atoms with Crippen molar-refractivity contribution in [2.45, 2.75) is 20.5 Å². The fraction of sp³-hybridized carbons (Fsp3) is 0.381. The molecule has 2 aromatic carbocycles. The molecule has 0 aromatic heterocycles. The minimum absolute atomic E-state index is 0.0626. The van der Waals surface area contributed by atoms with E-state index < -0.39 is 5.97 Å². The molecule has 0 aliphatic carbocycles. The summed E-state index contributed by atoms with van der Waals surface area (Å²) in [4.78, 5) is 12.4. The summed E-state index contributed by atoms with van der Waals surface area (Å²) >= 11 is 0. The quantitative estimate of drug-likeness (QED) is 0.616. The number of hydrogen-bond donors (Lipinski definition) is 0. The van der Waals surface area contributed by atoms with Crippen molar-refractivity contribution in [2.24, 2.45) is 5.92 Å². The first-order valence-electron chi connectivity index (χ1n) is 8.68. The van der Waals surface area contributed by atoms with Gasteiger partial charge in [-0.2, -0.15) is 0 Å². The van der Waals surface area contributed by atoms with Crippen molar-refractivity contribution in [3.05, 3.63) is 47.5 Å². The van der Waals surface area contributed by atoms with Crippen molar-refractivity contribution >= 4 is 5.97 Å². The van der Waals surface area contributed by atoms with Crippen molar-refractivity contribution < 1.29 is 28.5 Å². The van der Waals surface area contributed by atoms with Crippen LogP contribution in [0.15, 0.2) is 36.4 Å². The molecule has 27 heavy (non-hydrogen) atoms. The Balaban J connectivity index is 2.10.